The Morgan fingerprint density at radius 1 is 0.529 bits per heavy atom. The molecule has 1 aromatic heterocycles. The number of nitrogens with zero attached hydrogens (tertiary/aromatic N) is 6. The molecule has 70 heavy (non-hydrogen) atoms. The maximum absolute atomic E-state index is 15.9. The molecule has 11 heteroatoms. The summed E-state index contributed by atoms with van der Waals surface area (Å²) in [7, 11) is 7.98. The summed E-state index contributed by atoms with van der Waals surface area (Å²) in [6.45, 7) is 8.77. The Morgan fingerprint density at radius 3 is 1.46 bits per heavy atom. The van der Waals surface area contributed by atoms with E-state index >= 15 is 19.2 Å². The lowest BCUT2D eigenvalue weighted by atomic mass is 9.79. The molecule has 3 aliphatic heterocycles. The largest absolute Gasteiger partial charge is 0.377 e. The molecule has 0 bridgehead atoms. The Bertz CT molecular complexity index is 2760. The molecule has 8 rings (SSSR count). The Balaban J connectivity index is 1.44. The number of para-hydroxylation sites is 2. The molecule has 4 heterocycles. The number of H-pyrrole nitrogens is 1. The van der Waals surface area contributed by atoms with Gasteiger partial charge in [-0.2, -0.15) is 0 Å². The Labute approximate surface area is 416 Å². The number of rotatable bonds is 26. The van der Waals surface area contributed by atoms with Gasteiger partial charge in [-0.3, -0.25) is 34.0 Å². The maximum Gasteiger partial charge on any atom is 0.263 e. The number of amides is 4. The normalized spacial score (nSPS) is 14.3. The van der Waals surface area contributed by atoms with Crippen molar-refractivity contribution >= 4 is 68.2 Å². The second-order valence-electron chi connectivity index (χ2n) is 20.6. The molecule has 1 N–H and O–H groups in total. The number of carbonyl (C=O) groups is 4. The van der Waals surface area contributed by atoms with Crippen molar-refractivity contribution in [3.05, 3.63) is 81.9 Å². The lowest BCUT2D eigenvalue weighted by Crippen LogP contribution is -2.50. The number of hydrogen-bond acceptors (Lipinski definition) is 8. The van der Waals surface area contributed by atoms with E-state index in [4.69, 9.17) is 9.98 Å². The number of unbranched alkanes of at least 4 members (excludes halogenated alkanes) is 12. The number of aromatic amines is 1. The van der Waals surface area contributed by atoms with Crippen LogP contribution in [-0.4, -0.2) is 89.4 Å². The van der Waals surface area contributed by atoms with Gasteiger partial charge in [0.25, 0.3) is 23.6 Å². The molecule has 0 fully saturated rings. The Kier molecular flexibility index (Phi) is 16.2. The van der Waals surface area contributed by atoms with E-state index in [2.05, 4.69) is 49.7 Å². The van der Waals surface area contributed by atoms with E-state index in [1.165, 1.54) is 0 Å². The highest BCUT2D eigenvalue weighted by atomic mass is 16.2. The number of nitrogens with one attached hydrogen (secondary N) is 1. The number of hydrogen-bond donors (Lipinski definition) is 1. The lowest BCUT2D eigenvalue weighted by Gasteiger charge is -2.38. The number of anilines is 2. The van der Waals surface area contributed by atoms with Gasteiger partial charge in [0.05, 0.1) is 39.2 Å². The zero-order valence-corrected chi connectivity index (χ0v) is 43.4. The van der Waals surface area contributed by atoms with Gasteiger partial charge in [-0.25, -0.2) is 4.98 Å². The number of carbonyl (C=O) groups excluding carboxylic acids is 4. The number of aliphatic imine (C=N–C) groups is 1. The highest BCUT2D eigenvalue weighted by Gasteiger charge is 2.49. The molecule has 372 valence electrons. The summed E-state index contributed by atoms with van der Waals surface area (Å²) >= 11 is 0. The van der Waals surface area contributed by atoms with Crippen LogP contribution in [0.1, 0.15) is 209 Å². The SMILES string of the molecule is CCCCCCC(CCCCCC)N1C(=O)c2c3c(c4c5c(c6[nH]c(-c7ccccc7N(C)C)nc6c(c25)C1=O)C(=O)N(C(CCCCCC)CCCCCC)C4=O)N=C(c1ccccc1N(C)C)C3. The summed E-state index contributed by atoms with van der Waals surface area (Å²) < 4.78 is 0. The van der Waals surface area contributed by atoms with E-state index in [1.807, 2.05) is 69.5 Å². The van der Waals surface area contributed by atoms with Crippen molar-refractivity contribution < 1.29 is 19.2 Å². The van der Waals surface area contributed by atoms with E-state index < -0.39 is 17.7 Å². The second kappa shape index (κ2) is 22.5. The van der Waals surface area contributed by atoms with Gasteiger partial charge < -0.3 is 14.8 Å². The average Bonchev–Trinajstić information content (AvgIpc) is 4.00. The predicted molar refractivity (Wildman–Crippen MR) is 288 cm³/mol. The summed E-state index contributed by atoms with van der Waals surface area (Å²) in [6.07, 6.45) is 19.4. The minimum absolute atomic E-state index is 0.288. The average molecular weight is 948 g/mol. The first-order valence-electron chi connectivity index (χ1n) is 26.9. The highest BCUT2D eigenvalue weighted by Crippen LogP contribution is 2.52. The van der Waals surface area contributed by atoms with E-state index in [1.54, 1.807) is 9.80 Å². The van der Waals surface area contributed by atoms with Gasteiger partial charge in [-0.1, -0.05) is 161 Å². The first kappa shape index (κ1) is 50.5. The fourth-order valence-electron chi connectivity index (χ4n) is 11.6. The van der Waals surface area contributed by atoms with Crippen molar-refractivity contribution in [3.63, 3.8) is 0 Å². The molecule has 0 saturated carbocycles. The quantitative estimate of drug-likeness (QED) is 0.0433. The molecule has 0 unspecified atom stereocenters. The zero-order chi connectivity index (χ0) is 49.6. The van der Waals surface area contributed by atoms with Crippen LogP contribution in [0, 0.1) is 0 Å². The first-order valence-corrected chi connectivity index (χ1v) is 26.9. The molecule has 11 nitrogen and oxygen atoms in total. The third-order valence-electron chi connectivity index (χ3n) is 15.2. The third kappa shape index (κ3) is 9.53. The third-order valence-corrected chi connectivity index (χ3v) is 15.2. The molecule has 0 radical (unpaired) electrons. The standard InChI is InChI=1S/C59H77N7O4/c1-9-13-17-21-29-38(30-22-18-14-10-2)65-56(67)46-42-37-43(40-33-25-27-35-44(40)63(5)6)60-52(42)49-48-47(46)50(58(65)69)53-54(62-55(61-53)41-34-26-28-36-45(41)64(7)8)51(48)59(70)66(57(49)68)39(31-23-19-15-11-3)32-24-20-16-12-4/h25-28,33-36,38-39H,9-24,29-32,37H2,1-8H3,(H,61,62). The number of imidazole rings is 1. The Hall–Kier alpha value is -5.84. The summed E-state index contributed by atoms with van der Waals surface area (Å²) in [5.74, 6) is -1.05. The first-order chi connectivity index (χ1) is 34.0. The van der Waals surface area contributed by atoms with Crippen molar-refractivity contribution in [1.29, 1.82) is 0 Å². The number of benzene rings is 4. The van der Waals surface area contributed by atoms with Gasteiger partial charge >= 0.3 is 0 Å². The van der Waals surface area contributed by atoms with Gasteiger partial charge in [0.2, 0.25) is 0 Å². The van der Waals surface area contributed by atoms with E-state index in [0.29, 0.717) is 81.3 Å². The van der Waals surface area contributed by atoms with Crippen LogP contribution in [0.25, 0.3) is 33.2 Å². The van der Waals surface area contributed by atoms with E-state index in [0.717, 1.165) is 131 Å². The topological polar surface area (TPSA) is 122 Å². The van der Waals surface area contributed by atoms with Crippen LogP contribution in [0.3, 0.4) is 0 Å². The molecule has 4 aromatic carbocycles. The molecule has 0 aliphatic carbocycles. The van der Waals surface area contributed by atoms with Crippen LogP contribution >= 0.6 is 0 Å². The van der Waals surface area contributed by atoms with Crippen LogP contribution in [-0.2, 0) is 6.42 Å². The fourth-order valence-corrected chi connectivity index (χ4v) is 11.6. The van der Waals surface area contributed by atoms with Crippen molar-refractivity contribution in [2.24, 2.45) is 4.99 Å². The molecule has 4 amide bonds. The number of imide groups is 2. The summed E-state index contributed by atoms with van der Waals surface area (Å²) in [4.78, 5) is 85.3. The van der Waals surface area contributed by atoms with Crippen LogP contribution in [0.2, 0.25) is 0 Å². The van der Waals surface area contributed by atoms with Crippen LogP contribution < -0.4 is 9.80 Å². The minimum Gasteiger partial charge on any atom is -0.377 e. The highest BCUT2D eigenvalue weighted by molar-refractivity contribution is 6.40. The minimum atomic E-state index is -0.404. The summed E-state index contributed by atoms with van der Waals surface area (Å²) in [5, 5.41) is 0.724. The molecule has 0 atom stereocenters. The monoisotopic (exact) mass is 948 g/mol. The van der Waals surface area contributed by atoms with Gasteiger partial charge in [-0.15, -0.1) is 0 Å². The molecular weight excluding hydrogens is 871 g/mol. The number of aromatic nitrogens is 2. The fraction of sp³-hybridized carbons (Fsp3) is 0.525. The van der Waals surface area contributed by atoms with E-state index in [9.17, 15) is 0 Å². The Morgan fingerprint density at radius 2 is 0.957 bits per heavy atom. The lowest BCUT2D eigenvalue weighted by molar-refractivity contribution is 0.0496. The van der Waals surface area contributed by atoms with Gasteiger partial charge in [0.15, 0.2) is 0 Å². The van der Waals surface area contributed by atoms with Crippen LogP contribution in [0.5, 0.6) is 0 Å². The van der Waals surface area contributed by atoms with Crippen molar-refractivity contribution in [2.45, 2.75) is 175 Å². The molecular formula is C59H77N7O4. The van der Waals surface area contributed by atoms with Crippen LogP contribution in [0.15, 0.2) is 53.5 Å². The smallest absolute Gasteiger partial charge is 0.263 e. The van der Waals surface area contributed by atoms with Crippen molar-refractivity contribution in [3.8, 4) is 11.4 Å². The predicted octanol–water partition coefficient (Wildman–Crippen LogP) is 14.0. The zero-order valence-electron chi connectivity index (χ0n) is 43.4. The van der Waals surface area contributed by atoms with Gasteiger partial charge in [-0.05, 0) is 49.4 Å². The summed E-state index contributed by atoms with van der Waals surface area (Å²) in [6, 6.07) is 15.4. The summed E-state index contributed by atoms with van der Waals surface area (Å²) in [5.41, 5.74) is 7.49. The molecule has 0 spiro atoms. The van der Waals surface area contributed by atoms with Crippen molar-refractivity contribution in [1.82, 2.24) is 19.8 Å². The molecule has 5 aromatic rings. The molecule has 3 aliphatic rings. The number of fused-ring (bicyclic) bond motifs is 6. The van der Waals surface area contributed by atoms with E-state index in [-0.39, 0.29) is 30.0 Å². The van der Waals surface area contributed by atoms with Crippen LogP contribution in [0.4, 0.5) is 17.1 Å². The van der Waals surface area contributed by atoms with Crippen molar-refractivity contribution in [2.75, 3.05) is 38.0 Å². The second-order valence-corrected chi connectivity index (χ2v) is 20.6. The maximum atomic E-state index is 15.9. The van der Waals surface area contributed by atoms with Gasteiger partial charge in [0, 0.05) is 80.0 Å². The van der Waals surface area contributed by atoms with Gasteiger partial charge in [0.1, 0.15) is 11.3 Å². The molecule has 0 saturated heterocycles.